The van der Waals surface area contributed by atoms with Crippen molar-refractivity contribution in [1.29, 1.82) is 0 Å². The summed E-state index contributed by atoms with van der Waals surface area (Å²) in [6.07, 6.45) is 1.14. The number of thiazole rings is 1. The highest BCUT2D eigenvalue weighted by Crippen LogP contribution is 2.50. The van der Waals surface area contributed by atoms with Gasteiger partial charge in [0.05, 0.1) is 15.5 Å². The lowest BCUT2D eigenvalue weighted by Gasteiger charge is -2.23. The molecule has 6 nitrogen and oxygen atoms in total. The maximum absolute atomic E-state index is 13.2. The Balaban J connectivity index is 1.28. The van der Waals surface area contributed by atoms with E-state index in [-0.39, 0.29) is 10.8 Å². The summed E-state index contributed by atoms with van der Waals surface area (Å²) in [6, 6.07) is 18.3. The molecule has 1 aliphatic carbocycles. The van der Waals surface area contributed by atoms with E-state index in [4.69, 9.17) is 4.98 Å². The number of benzene rings is 3. The van der Waals surface area contributed by atoms with E-state index in [1.807, 2.05) is 19.1 Å². The smallest absolute Gasteiger partial charge is 0.244 e. The molecule has 0 saturated carbocycles. The van der Waals surface area contributed by atoms with Crippen LogP contribution in [0.25, 0.3) is 32.5 Å². The minimum absolute atomic E-state index is 0.214. The number of carbonyl (C=O) groups excluding carboxylic acids is 1. The normalized spacial score (nSPS) is 17.4. The highest BCUT2D eigenvalue weighted by molar-refractivity contribution is 7.89. The fourth-order valence-electron chi connectivity index (χ4n) is 4.79. The van der Waals surface area contributed by atoms with Gasteiger partial charge in [-0.3, -0.25) is 4.79 Å². The SMILES string of the molecule is Cc1ccc(S(=O)(=O)N2CCCC2C(=O)Nc2nc3c(s2)-c2cccc4cccc-3c24)cc1. The fourth-order valence-corrected chi connectivity index (χ4v) is 7.46. The number of aromatic nitrogens is 1. The van der Waals surface area contributed by atoms with Crippen molar-refractivity contribution in [3.05, 3.63) is 66.2 Å². The van der Waals surface area contributed by atoms with Crippen LogP contribution in [0.2, 0.25) is 0 Å². The number of carbonyl (C=O) groups is 1. The first kappa shape index (κ1) is 20.5. The maximum Gasteiger partial charge on any atom is 0.244 e. The molecule has 1 saturated heterocycles. The molecular weight excluding hydrogens is 454 g/mol. The molecule has 1 amide bonds. The molecule has 0 bridgehead atoms. The van der Waals surface area contributed by atoms with E-state index in [2.05, 4.69) is 29.6 Å². The number of sulfonamides is 1. The molecule has 3 aromatic carbocycles. The number of aryl methyl sites for hydroxylation is 1. The quantitative estimate of drug-likeness (QED) is 0.395. The maximum atomic E-state index is 13.2. The summed E-state index contributed by atoms with van der Waals surface area (Å²) in [5.74, 6) is -0.331. The van der Waals surface area contributed by atoms with E-state index in [9.17, 15) is 13.2 Å². The Morgan fingerprint density at radius 2 is 1.79 bits per heavy atom. The molecular formula is C25H21N3O3S2. The number of nitrogens with zero attached hydrogens (tertiary/aromatic N) is 2. The van der Waals surface area contributed by atoms with E-state index in [1.54, 1.807) is 24.3 Å². The Bertz CT molecular complexity index is 1470. The van der Waals surface area contributed by atoms with Crippen molar-refractivity contribution < 1.29 is 13.2 Å². The highest BCUT2D eigenvalue weighted by Gasteiger charge is 2.40. The second-order valence-corrected chi connectivity index (χ2v) is 11.4. The van der Waals surface area contributed by atoms with Crippen LogP contribution in [0.1, 0.15) is 18.4 Å². The van der Waals surface area contributed by atoms with Gasteiger partial charge >= 0.3 is 0 Å². The van der Waals surface area contributed by atoms with Crippen LogP contribution in [0, 0.1) is 6.92 Å². The van der Waals surface area contributed by atoms with Crippen LogP contribution in [0.15, 0.2) is 65.6 Å². The molecule has 1 unspecified atom stereocenters. The van der Waals surface area contributed by atoms with Gasteiger partial charge in [0.15, 0.2) is 5.13 Å². The number of amides is 1. The summed E-state index contributed by atoms with van der Waals surface area (Å²) < 4.78 is 27.7. The number of rotatable bonds is 4. The predicted molar refractivity (Wildman–Crippen MR) is 131 cm³/mol. The average Bonchev–Trinajstić information content (AvgIpc) is 3.52. The molecule has 33 heavy (non-hydrogen) atoms. The summed E-state index contributed by atoms with van der Waals surface area (Å²) >= 11 is 1.43. The van der Waals surface area contributed by atoms with Crippen molar-refractivity contribution >= 4 is 43.2 Å². The van der Waals surface area contributed by atoms with Crippen molar-refractivity contribution in [3.8, 4) is 21.7 Å². The Labute approximate surface area is 195 Å². The third-order valence-electron chi connectivity index (χ3n) is 6.40. The lowest BCUT2D eigenvalue weighted by atomic mass is 10.0. The molecule has 1 aromatic heterocycles. The molecule has 1 atom stereocenters. The zero-order valence-corrected chi connectivity index (χ0v) is 19.5. The largest absolute Gasteiger partial charge is 0.301 e. The first-order chi connectivity index (χ1) is 15.9. The Morgan fingerprint density at radius 1 is 1.06 bits per heavy atom. The molecule has 1 fully saturated rings. The molecule has 166 valence electrons. The second kappa shape index (κ2) is 7.48. The van der Waals surface area contributed by atoms with Crippen molar-refractivity contribution in [3.63, 3.8) is 0 Å². The molecule has 1 N–H and O–H groups in total. The number of fused-ring (bicyclic) bond motifs is 3. The number of hydrogen-bond donors (Lipinski definition) is 1. The van der Waals surface area contributed by atoms with Crippen LogP contribution in [-0.4, -0.2) is 36.2 Å². The topological polar surface area (TPSA) is 79.4 Å². The molecule has 2 aliphatic rings. The minimum atomic E-state index is -3.75. The van der Waals surface area contributed by atoms with E-state index < -0.39 is 16.1 Å². The highest BCUT2D eigenvalue weighted by atomic mass is 32.2. The van der Waals surface area contributed by atoms with E-state index >= 15 is 0 Å². The standard InChI is InChI=1S/C25H21N3O3S2/c1-15-10-12-17(13-11-15)33(30,31)28-14-4-9-20(28)24(29)27-25-26-22-18-7-2-5-16-6-3-8-19(21(16)18)23(22)32-25/h2-3,5-8,10-13,20H,4,9,14H2,1H3,(H,26,27,29). The van der Waals surface area contributed by atoms with Gasteiger partial charge in [-0.2, -0.15) is 4.31 Å². The molecule has 6 rings (SSSR count). The summed E-state index contributed by atoms with van der Waals surface area (Å²) in [5, 5.41) is 5.76. The molecule has 0 radical (unpaired) electrons. The first-order valence-electron chi connectivity index (χ1n) is 10.9. The van der Waals surface area contributed by atoms with Gasteiger partial charge in [-0.1, -0.05) is 65.4 Å². The lowest BCUT2D eigenvalue weighted by Crippen LogP contribution is -2.43. The van der Waals surface area contributed by atoms with Crippen molar-refractivity contribution in [1.82, 2.24) is 9.29 Å². The van der Waals surface area contributed by atoms with Crippen LogP contribution in [-0.2, 0) is 14.8 Å². The number of hydrogen-bond acceptors (Lipinski definition) is 5. The van der Waals surface area contributed by atoms with Gasteiger partial charge in [0.25, 0.3) is 0 Å². The zero-order valence-electron chi connectivity index (χ0n) is 17.9. The summed E-state index contributed by atoms with van der Waals surface area (Å²) in [5.41, 5.74) is 4.05. The molecule has 0 spiro atoms. The zero-order chi connectivity index (χ0) is 22.7. The van der Waals surface area contributed by atoms with Crippen molar-refractivity contribution in [2.24, 2.45) is 0 Å². The Kier molecular flexibility index (Phi) is 4.65. The monoisotopic (exact) mass is 475 g/mol. The van der Waals surface area contributed by atoms with E-state index in [0.717, 1.165) is 27.3 Å². The van der Waals surface area contributed by atoms with Gasteiger partial charge in [0.2, 0.25) is 15.9 Å². The van der Waals surface area contributed by atoms with Gasteiger partial charge in [0, 0.05) is 17.7 Å². The van der Waals surface area contributed by atoms with Gasteiger partial charge in [0.1, 0.15) is 6.04 Å². The van der Waals surface area contributed by atoms with Gasteiger partial charge in [-0.15, -0.1) is 0 Å². The van der Waals surface area contributed by atoms with Crippen molar-refractivity contribution in [2.45, 2.75) is 30.7 Å². The lowest BCUT2D eigenvalue weighted by molar-refractivity contribution is -0.119. The first-order valence-corrected chi connectivity index (χ1v) is 13.1. The Morgan fingerprint density at radius 3 is 2.55 bits per heavy atom. The van der Waals surface area contributed by atoms with Crippen LogP contribution < -0.4 is 5.32 Å². The van der Waals surface area contributed by atoms with Crippen molar-refractivity contribution in [2.75, 3.05) is 11.9 Å². The van der Waals surface area contributed by atoms with Gasteiger partial charge < -0.3 is 5.32 Å². The molecule has 1 aliphatic heterocycles. The third kappa shape index (κ3) is 3.20. The summed E-state index contributed by atoms with van der Waals surface area (Å²) in [6.45, 7) is 2.24. The van der Waals surface area contributed by atoms with Crippen LogP contribution in [0.3, 0.4) is 0 Å². The van der Waals surface area contributed by atoms with Crippen LogP contribution in [0.4, 0.5) is 5.13 Å². The average molecular weight is 476 g/mol. The van der Waals surface area contributed by atoms with Gasteiger partial charge in [-0.05, 0) is 42.7 Å². The molecule has 4 aromatic rings. The number of nitrogens with one attached hydrogen (secondary N) is 1. The third-order valence-corrected chi connectivity index (χ3v) is 9.32. The second-order valence-electron chi connectivity index (χ2n) is 8.48. The fraction of sp³-hybridized carbons (Fsp3) is 0.200. The summed E-state index contributed by atoms with van der Waals surface area (Å²) in [4.78, 5) is 19.1. The Hall–Kier alpha value is -3.07. The molecule has 8 heteroatoms. The molecule has 2 heterocycles. The van der Waals surface area contributed by atoms with E-state index in [1.165, 1.54) is 26.4 Å². The van der Waals surface area contributed by atoms with Crippen LogP contribution >= 0.6 is 11.3 Å². The van der Waals surface area contributed by atoms with E-state index in [0.29, 0.717) is 24.5 Å². The predicted octanol–water partition coefficient (Wildman–Crippen LogP) is 5.04. The minimum Gasteiger partial charge on any atom is -0.301 e. The number of anilines is 1. The van der Waals surface area contributed by atoms with Crippen LogP contribution in [0.5, 0.6) is 0 Å². The van der Waals surface area contributed by atoms with Gasteiger partial charge in [-0.25, -0.2) is 13.4 Å². The summed E-state index contributed by atoms with van der Waals surface area (Å²) in [7, 11) is -3.75.